The second-order valence-electron chi connectivity index (χ2n) is 6.23. The number of hydrogen-bond acceptors (Lipinski definition) is 4. The number of alkyl halides is 3. The van der Waals surface area contributed by atoms with Gasteiger partial charge in [0.2, 0.25) is 5.91 Å². The van der Waals surface area contributed by atoms with Crippen molar-refractivity contribution >= 4 is 35.0 Å². The average molecular weight is 441 g/mol. The van der Waals surface area contributed by atoms with Gasteiger partial charge >= 0.3 is 6.18 Å². The molecule has 0 atom stereocenters. The average Bonchev–Trinajstić information content (AvgIpc) is 3.02. The van der Waals surface area contributed by atoms with Crippen molar-refractivity contribution in [3.05, 3.63) is 58.6 Å². The van der Waals surface area contributed by atoms with E-state index in [0.717, 1.165) is 29.0 Å². The van der Waals surface area contributed by atoms with E-state index in [1.54, 1.807) is 11.6 Å². The molecule has 3 rings (SSSR count). The lowest BCUT2D eigenvalue weighted by Crippen LogP contribution is -2.18. The highest BCUT2D eigenvalue weighted by Crippen LogP contribution is 2.38. The van der Waals surface area contributed by atoms with E-state index >= 15 is 0 Å². The number of aromatic nitrogens is 3. The molecule has 0 aliphatic heterocycles. The van der Waals surface area contributed by atoms with Gasteiger partial charge in [-0.3, -0.25) is 4.79 Å². The third-order valence-corrected chi connectivity index (χ3v) is 5.40. The first-order chi connectivity index (χ1) is 13.7. The molecule has 2 aromatic carbocycles. The fourth-order valence-electron chi connectivity index (χ4n) is 2.59. The molecule has 152 valence electrons. The number of thioether (sulfide) groups is 1. The predicted molar refractivity (Wildman–Crippen MR) is 107 cm³/mol. The smallest absolute Gasteiger partial charge is 0.324 e. The SMILES string of the molecule is Cc1ccc(-c2nnc(SCC(=O)Nc3c(Cl)cccc3C(F)(F)F)n2C)cc1. The van der Waals surface area contributed by atoms with Gasteiger partial charge in [-0.25, -0.2) is 0 Å². The van der Waals surface area contributed by atoms with Crippen LogP contribution in [0.2, 0.25) is 5.02 Å². The molecule has 1 N–H and O–H groups in total. The summed E-state index contributed by atoms with van der Waals surface area (Å²) in [5.74, 6) is -0.158. The number of halogens is 4. The molecule has 1 heterocycles. The van der Waals surface area contributed by atoms with E-state index in [2.05, 4.69) is 15.5 Å². The maximum absolute atomic E-state index is 13.1. The number of hydrogen-bond donors (Lipinski definition) is 1. The minimum Gasteiger partial charge on any atom is -0.324 e. The monoisotopic (exact) mass is 440 g/mol. The minimum atomic E-state index is -4.63. The number of para-hydroxylation sites is 1. The molecule has 5 nitrogen and oxygen atoms in total. The van der Waals surface area contributed by atoms with E-state index in [-0.39, 0.29) is 10.8 Å². The fraction of sp³-hybridized carbons (Fsp3) is 0.211. The van der Waals surface area contributed by atoms with Crippen molar-refractivity contribution in [3.63, 3.8) is 0 Å². The molecule has 0 saturated heterocycles. The third kappa shape index (κ3) is 4.91. The maximum Gasteiger partial charge on any atom is 0.418 e. The summed E-state index contributed by atoms with van der Waals surface area (Å²) < 4.78 is 41.1. The molecule has 1 amide bonds. The van der Waals surface area contributed by atoms with Gasteiger partial charge in [0.05, 0.1) is 22.0 Å². The molecule has 1 aromatic heterocycles. The molecule has 0 unspecified atom stereocenters. The lowest BCUT2D eigenvalue weighted by molar-refractivity contribution is -0.137. The lowest BCUT2D eigenvalue weighted by Gasteiger charge is -2.15. The summed E-state index contributed by atoms with van der Waals surface area (Å²) in [7, 11) is 1.76. The van der Waals surface area contributed by atoms with Crippen molar-refractivity contribution in [2.45, 2.75) is 18.3 Å². The quantitative estimate of drug-likeness (QED) is 0.554. The number of aryl methyl sites for hydroxylation is 1. The van der Waals surface area contributed by atoms with E-state index in [9.17, 15) is 18.0 Å². The summed E-state index contributed by atoms with van der Waals surface area (Å²) in [5, 5.41) is 10.7. The van der Waals surface area contributed by atoms with Crippen LogP contribution in [0.4, 0.5) is 18.9 Å². The zero-order valence-corrected chi connectivity index (χ0v) is 17.0. The molecule has 0 bridgehead atoms. The number of nitrogens with zero attached hydrogens (tertiary/aromatic N) is 3. The van der Waals surface area contributed by atoms with E-state index in [0.29, 0.717) is 11.0 Å². The first-order valence-electron chi connectivity index (χ1n) is 8.41. The summed E-state index contributed by atoms with van der Waals surface area (Å²) in [6, 6.07) is 11.1. The Labute approximate surface area is 174 Å². The number of rotatable bonds is 5. The van der Waals surface area contributed by atoms with Crippen molar-refractivity contribution in [1.82, 2.24) is 14.8 Å². The van der Waals surface area contributed by atoms with E-state index in [1.807, 2.05) is 31.2 Å². The van der Waals surface area contributed by atoms with Crippen molar-refractivity contribution in [2.24, 2.45) is 7.05 Å². The molecule has 0 radical (unpaired) electrons. The van der Waals surface area contributed by atoms with Crippen molar-refractivity contribution < 1.29 is 18.0 Å². The zero-order valence-electron chi connectivity index (χ0n) is 15.4. The van der Waals surface area contributed by atoms with Gasteiger partial charge in [-0.05, 0) is 19.1 Å². The van der Waals surface area contributed by atoms with Gasteiger partial charge in [0.25, 0.3) is 0 Å². The number of anilines is 1. The van der Waals surface area contributed by atoms with Crippen LogP contribution in [-0.2, 0) is 18.0 Å². The molecule has 0 aliphatic rings. The van der Waals surface area contributed by atoms with Crippen LogP contribution in [0.25, 0.3) is 11.4 Å². The summed E-state index contributed by atoms with van der Waals surface area (Å²) in [6.45, 7) is 1.98. The van der Waals surface area contributed by atoms with Crippen molar-refractivity contribution in [2.75, 3.05) is 11.1 Å². The molecule has 10 heteroatoms. The second-order valence-corrected chi connectivity index (χ2v) is 7.58. The van der Waals surface area contributed by atoms with Crippen LogP contribution >= 0.6 is 23.4 Å². The Morgan fingerprint density at radius 1 is 1.17 bits per heavy atom. The van der Waals surface area contributed by atoms with Gasteiger partial charge < -0.3 is 9.88 Å². The highest BCUT2D eigenvalue weighted by molar-refractivity contribution is 7.99. The number of amides is 1. The molecule has 0 aliphatic carbocycles. The number of benzene rings is 2. The lowest BCUT2D eigenvalue weighted by atomic mass is 10.1. The Bertz CT molecular complexity index is 1030. The topological polar surface area (TPSA) is 59.8 Å². The molecule has 0 fully saturated rings. The molecular weight excluding hydrogens is 425 g/mol. The summed E-state index contributed by atoms with van der Waals surface area (Å²) >= 11 is 6.92. The number of carbonyl (C=O) groups excluding carboxylic acids is 1. The second kappa shape index (κ2) is 8.46. The van der Waals surface area contributed by atoms with E-state index in [1.165, 1.54) is 12.1 Å². The Balaban J connectivity index is 1.71. The minimum absolute atomic E-state index is 0.150. The molecule has 29 heavy (non-hydrogen) atoms. The standard InChI is InChI=1S/C19H16ClF3N4OS/c1-11-6-8-12(9-7-11)17-25-26-18(27(17)2)29-10-15(28)24-16-13(19(21,22)23)4-3-5-14(16)20/h3-9H,10H2,1-2H3,(H,24,28). The number of nitrogens with one attached hydrogen (secondary N) is 1. The van der Waals surface area contributed by atoms with Gasteiger partial charge in [-0.15, -0.1) is 10.2 Å². The number of carbonyl (C=O) groups is 1. The highest BCUT2D eigenvalue weighted by atomic mass is 35.5. The van der Waals surface area contributed by atoms with Crippen LogP contribution in [0.15, 0.2) is 47.6 Å². The van der Waals surface area contributed by atoms with Gasteiger partial charge in [0.15, 0.2) is 11.0 Å². The van der Waals surface area contributed by atoms with Crippen LogP contribution < -0.4 is 5.32 Å². The van der Waals surface area contributed by atoms with Gasteiger partial charge in [-0.2, -0.15) is 13.2 Å². The van der Waals surface area contributed by atoms with Crippen LogP contribution in [0.1, 0.15) is 11.1 Å². The van der Waals surface area contributed by atoms with Crippen LogP contribution in [-0.4, -0.2) is 26.4 Å². The molecule has 0 saturated carbocycles. The Kier molecular flexibility index (Phi) is 6.18. The van der Waals surface area contributed by atoms with E-state index in [4.69, 9.17) is 11.6 Å². The highest BCUT2D eigenvalue weighted by Gasteiger charge is 2.34. The Morgan fingerprint density at radius 3 is 2.52 bits per heavy atom. The zero-order chi connectivity index (χ0) is 21.2. The van der Waals surface area contributed by atoms with Gasteiger partial charge in [0.1, 0.15) is 0 Å². The maximum atomic E-state index is 13.1. The van der Waals surface area contributed by atoms with Gasteiger partial charge in [-0.1, -0.05) is 59.3 Å². The van der Waals surface area contributed by atoms with Crippen LogP contribution in [0.3, 0.4) is 0 Å². The van der Waals surface area contributed by atoms with Crippen molar-refractivity contribution in [1.29, 1.82) is 0 Å². The van der Waals surface area contributed by atoms with Gasteiger partial charge in [0, 0.05) is 12.6 Å². The Hall–Kier alpha value is -2.52. The molecule has 0 spiro atoms. The van der Waals surface area contributed by atoms with E-state index < -0.39 is 23.3 Å². The summed E-state index contributed by atoms with van der Waals surface area (Å²) in [5.41, 5.74) is 0.530. The summed E-state index contributed by atoms with van der Waals surface area (Å²) in [6.07, 6.45) is -4.63. The first kappa shape index (κ1) is 21.2. The summed E-state index contributed by atoms with van der Waals surface area (Å²) in [4.78, 5) is 12.2. The third-order valence-electron chi connectivity index (χ3n) is 4.06. The normalized spacial score (nSPS) is 11.5. The Morgan fingerprint density at radius 2 is 1.86 bits per heavy atom. The molecule has 3 aromatic rings. The van der Waals surface area contributed by atoms with Crippen LogP contribution in [0, 0.1) is 6.92 Å². The first-order valence-corrected chi connectivity index (χ1v) is 9.78. The van der Waals surface area contributed by atoms with Crippen molar-refractivity contribution in [3.8, 4) is 11.4 Å². The van der Waals surface area contributed by atoms with Crippen LogP contribution in [0.5, 0.6) is 0 Å². The fourth-order valence-corrected chi connectivity index (χ4v) is 3.52. The predicted octanol–water partition coefficient (Wildman–Crippen LogP) is 5.19. The largest absolute Gasteiger partial charge is 0.418 e. The molecular formula is C19H16ClF3N4OS.